The molecule has 0 aromatic heterocycles. The molecule has 0 bridgehead atoms. The Bertz CT molecular complexity index is 1400. The second-order valence-corrected chi connectivity index (χ2v) is 8.82. The molecule has 188 valence electrons. The smallest absolute Gasteiger partial charge is 0.337 e. The number of fused-ring (bicyclic) bond motifs is 1. The number of carbonyl (C=O) groups is 4. The van der Waals surface area contributed by atoms with E-state index in [4.69, 9.17) is 14.2 Å². The van der Waals surface area contributed by atoms with Gasteiger partial charge in [0, 0.05) is 12.1 Å². The number of rotatable bonds is 6. The minimum atomic E-state index is -1.01. The Balaban J connectivity index is 1.47. The molecule has 3 aromatic carbocycles. The first-order valence-electron chi connectivity index (χ1n) is 11.7. The highest BCUT2D eigenvalue weighted by Gasteiger charge is 2.44. The highest BCUT2D eigenvalue weighted by molar-refractivity contribution is 6.23. The fraction of sp³-hybridized carbons (Fsp3) is 0.214. The maximum absolute atomic E-state index is 13.7. The summed E-state index contributed by atoms with van der Waals surface area (Å²) in [7, 11) is 1.27. The second-order valence-electron chi connectivity index (χ2n) is 8.82. The number of imide groups is 1. The van der Waals surface area contributed by atoms with Gasteiger partial charge in [-0.15, -0.1) is 0 Å². The Kier molecular flexibility index (Phi) is 6.35. The third-order valence-electron chi connectivity index (χ3n) is 6.36. The largest absolute Gasteiger partial charge is 0.465 e. The molecule has 3 amide bonds. The molecular weight excluding hydrogens is 476 g/mol. The summed E-state index contributed by atoms with van der Waals surface area (Å²) in [5.74, 6) is -0.681. The third-order valence-corrected chi connectivity index (χ3v) is 6.36. The average molecular weight is 501 g/mol. The summed E-state index contributed by atoms with van der Waals surface area (Å²) in [5, 5.41) is 0. The summed E-state index contributed by atoms with van der Waals surface area (Å²) in [6.07, 6.45) is -0.167. The number of hydrogen-bond donors (Lipinski definition) is 0. The number of methoxy groups -OCH3 is 1. The molecule has 1 saturated heterocycles. The molecule has 1 atom stereocenters. The van der Waals surface area contributed by atoms with E-state index in [2.05, 4.69) is 0 Å². The molecule has 37 heavy (non-hydrogen) atoms. The summed E-state index contributed by atoms with van der Waals surface area (Å²) in [5.41, 5.74) is 2.65. The lowest BCUT2D eigenvalue weighted by atomic mass is 10.1. The first-order chi connectivity index (χ1) is 17.9. The molecular formula is C28H24N2O7. The predicted octanol–water partition coefficient (Wildman–Crippen LogP) is 3.48. The van der Waals surface area contributed by atoms with E-state index in [1.807, 2.05) is 13.0 Å². The van der Waals surface area contributed by atoms with Crippen molar-refractivity contribution in [3.8, 4) is 11.5 Å². The van der Waals surface area contributed by atoms with Crippen molar-refractivity contribution in [3.63, 3.8) is 0 Å². The lowest BCUT2D eigenvalue weighted by molar-refractivity contribution is -0.122. The van der Waals surface area contributed by atoms with E-state index in [1.54, 1.807) is 36.4 Å². The van der Waals surface area contributed by atoms with Crippen molar-refractivity contribution in [2.75, 3.05) is 18.8 Å². The second kappa shape index (κ2) is 9.77. The van der Waals surface area contributed by atoms with Gasteiger partial charge in [0.25, 0.3) is 11.8 Å². The van der Waals surface area contributed by atoms with Crippen molar-refractivity contribution in [3.05, 3.63) is 89.0 Å². The van der Waals surface area contributed by atoms with Crippen LogP contribution in [0.4, 0.5) is 5.69 Å². The molecule has 9 nitrogen and oxygen atoms in total. The molecule has 2 aliphatic heterocycles. The molecule has 0 radical (unpaired) electrons. The van der Waals surface area contributed by atoms with Gasteiger partial charge in [0.2, 0.25) is 12.7 Å². The summed E-state index contributed by atoms with van der Waals surface area (Å²) >= 11 is 0. The highest BCUT2D eigenvalue weighted by Crippen LogP contribution is 2.34. The quantitative estimate of drug-likeness (QED) is 0.377. The highest BCUT2D eigenvalue weighted by atomic mass is 16.7. The molecule has 1 unspecified atom stereocenters. The van der Waals surface area contributed by atoms with E-state index in [1.165, 1.54) is 36.3 Å². The monoisotopic (exact) mass is 500 g/mol. The molecule has 1 fully saturated rings. The lowest BCUT2D eigenvalue weighted by Crippen LogP contribution is -2.45. The van der Waals surface area contributed by atoms with Gasteiger partial charge in [-0.05, 0) is 61.0 Å². The van der Waals surface area contributed by atoms with E-state index in [-0.39, 0.29) is 25.7 Å². The Morgan fingerprint density at radius 1 is 0.973 bits per heavy atom. The van der Waals surface area contributed by atoms with Crippen LogP contribution in [-0.4, -0.2) is 48.5 Å². The van der Waals surface area contributed by atoms with Gasteiger partial charge < -0.3 is 19.1 Å². The van der Waals surface area contributed by atoms with Crippen LogP contribution in [-0.2, 0) is 20.9 Å². The summed E-state index contributed by atoms with van der Waals surface area (Å²) in [6, 6.07) is 17.4. The molecule has 0 N–H and O–H groups in total. The van der Waals surface area contributed by atoms with Crippen molar-refractivity contribution in [1.82, 2.24) is 4.90 Å². The zero-order valence-corrected chi connectivity index (χ0v) is 20.3. The standard InChI is InChI=1S/C28H24N2O7/c1-17-4-3-5-20(12-17)26(32)29(15-18-6-11-23-24(13-18)37-16-36-23)22-14-25(31)30(27(22)33)21-9-7-19(8-10-21)28(34)35-2/h3-13,22H,14-16H2,1-2H3. The van der Waals surface area contributed by atoms with Gasteiger partial charge in [0.1, 0.15) is 6.04 Å². The maximum Gasteiger partial charge on any atom is 0.337 e. The van der Waals surface area contributed by atoms with Gasteiger partial charge in [-0.3, -0.25) is 14.4 Å². The predicted molar refractivity (Wildman–Crippen MR) is 132 cm³/mol. The number of nitrogens with zero attached hydrogens (tertiary/aromatic N) is 2. The van der Waals surface area contributed by atoms with Crippen LogP contribution in [0.5, 0.6) is 11.5 Å². The van der Waals surface area contributed by atoms with E-state index in [0.29, 0.717) is 28.3 Å². The van der Waals surface area contributed by atoms with Crippen molar-refractivity contribution in [2.24, 2.45) is 0 Å². The molecule has 0 spiro atoms. The van der Waals surface area contributed by atoms with Crippen LogP contribution >= 0.6 is 0 Å². The molecule has 2 aliphatic rings. The first kappa shape index (κ1) is 24.1. The number of esters is 1. The Morgan fingerprint density at radius 3 is 2.46 bits per heavy atom. The van der Waals surface area contributed by atoms with Crippen LogP contribution in [0.3, 0.4) is 0 Å². The molecule has 0 saturated carbocycles. The summed E-state index contributed by atoms with van der Waals surface area (Å²) in [6.45, 7) is 2.08. The molecule has 3 aromatic rings. The van der Waals surface area contributed by atoms with Crippen LogP contribution in [0.15, 0.2) is 66.7 Å². The summed E-state index contributed by atoms with van der Waals surface area (Å²) in [4.78, 5) is 54.6. The Labute approximate surface area is 213 Å². The van der Waals surface area contributed by atoms with Gasteiger partial charge in [-0.25, -0.2) is 9.69 Å². The third kappa shape index (κ3) is 4.63. The summed E-state index contributed by atoms with van der Waals surface area (Å²) < 4.78 is 15.5. The van der Waals surface area contributed by atoms with Crippen LogP contribution in [0, 0.1) is 6.92 Å². The van der Waals surface area contributed by atoms with Crippen LogP contribution in [0.2, 0.25) is 0 Å². The SMILES string of the molecule is COC(=O)c1ccc(N2C(=O)CC(N(Cc3ccc4c(c3)OCO4)C(=O)c3cccc(C)c3)C2=O)cc1. The normalized spacial score (nSPS) is 16.2. The molecule has 2 heterocycles. The Hall–Kier alpha value is -4.66. The zero-order chi connectivity index (χ0) is 26.1. The molecule has 5 rings (SSSR count). The van der Waals surface area contributed by atoms with Gasteiger partial charge in [-0.1, -0.05) is 23.8 Å². The average Bonchev–Trinajstić information content (AvgIpc) is 3.49. The minimum Gasteiger partial charge on any atom is -0.465 e. The van der Waals surface area contributed by atoms with Gasteiger partial charge in [-0.2, -0.15) is 0 Å². The number of hydrogen-bond acceptors (Lipinski definition) is 7. The fourth-order valence-electron chi connectivity index (χ4n) is 4.50. The van der Waals surface area contributed by atoms with Gasteiger partial charge in [0.15, 0.2) is 11.5 Å². The van der Waals surface area contributed by atoms with E-state index in [0.717, 1.165) is 16.0 Å². The van der Waals surface area contributed by atoms with Crippen molar-refractivity contribution >= 4 is 29.4 Å². The van der Waals surface area contributed by atoms with Crippen molar-refractivity contribution in [2.45, 2.75) is 25.9 Å². The van der Waals surface area contributed by atoms with E-state index < -0.39 is 23.8 Å². The Morgan fingerprint density at radius 2 is 1.73 bits per heavy atom. The van der Waals surface area contributed by atoms with Gasteiger partial charge >= 0.3 is 5.97 Å². The molecule has 0 aliphatic carbocycles. The fourth-order valence-corrected chi connectivity index (χ4v) is 4.50. The number of carbonyl (C=O) groups excluding carboxylic acids is 4. The van der Waals surface area contributed by atoms with Crippen LogP contribution in [0.25, 0.3) is 0 Å². The number of aryl methyl sites for hydroxylation is 1. The van der Waals surface area contributed by atoms with Crippen LogP contribution in [0.1, 0.15) is 38.3 Å². The number of anilines is 1. The zero-order valence-electron chi connectivity index (χ0n) is 20.3. The number of benzene rings is 3. The van der Waals surface area contributed by atoms with E-state index in [9.17, 15) is 19.2 Å². The van der Waals surface area contributed by atoms with Crippen LogP contribution < -0.4 is 14.4 Å². The minimum absolute atomic E-state index is 0.0855. The topological polar surface area (TPSA) is 102 Å². The van der Waals surface area contributed by atoms with Crippen molar-refractivity contribution in [1.29, 1.82) is 0 Å². The first-order valence-corrected chi connectivity index (χ1v) is 11.7. The number of ether oxygens (including phenoxy) is 3. The number of amides is 3. The molecule has 9 heteroatoms. The maximum atomic E-state index is 13.7. The lowest BCUT2D eigenvalue weighted by Gasteiger charge is -2.28. The van der Waals surface area contributed by atoms with E-state index >= 15 is 0 Å². The van der Waals surface area contributed by atoms with Crippen molar-refractivity contribution < 1.29 is 33.4 Å². The van der Waals surface area contributed by atoms with Gasteiger partial charge in [0.05, 0.1) is 24.8 Å².